The lowest BCUT2D eigenvalue weighted by Crippen LogP contribution is -2.14. The largest absolute Gasteiger partial charge is 0.427 e. The van der Waals surface area contributed by atoms with E-state index in [0.29, 0.717) is 25.4 Å². The van der Waals surface area contributed by atoms with Crippen molar-refractivity contribution in [2.45, 2.75) is 310 Å². The van der Waals surface area contributed by atoms with Gasteiger partial charge in [0.25, 0.3) is 0 Å². The molecule has 0 N–H and O–H groups in total. The standard InChI is InChI=1S/C58H111O5P/c1-5-9-13-17-21-23-25-27-29-33-42-52-59-56(46-36-31-19-15-11-7-3)48-40-44-54-61-64(63-58-50-38-35-39-51-58)62-55-45-41-49-57(47-37-32-20-16-12-8-4)60-53-43-34-30-28-26-24-22-18-14-10-6-2/h35,38-39,50-51,56-57H,5-34,36-37,40-49,52-55H2,1-4H3. The second-order valence-corrected chi connectivity index (χ2v) is 20.6. The van der Waals surface area contributed by atoms with Crippen LogP contribution >= 0.6 is 8.60 Å². The Labute approximate surface area is 402 Å². The number of hydrogen-bond donors (Lipinski definition) is 0. The van der Waals surface area contributed by atoms with Crippen molar-refractivity contribution in [2.24, 2.45) is 0 Å². The maximum Gasteiger partial charge on any atom is 0.397 e. The van der Waals surface area contributed by atoms with Gasteiger partial charge in [-0.2, -0.15) is 0 Å². The van der Waals surface area contributed by atoms with Gasteiger partial charge in [-0.1, -0.05) is 251 Å². The average molecular weight is 919 g/mol. The van der Waals surface area contributed by atoms with E-state index < -0.39 is 8.60 Å². The van der Waals surface area contributed by atoms with Crippen LogP contribution in [0.25, 0.3) is 0 Å². The fraction of sp³-hybridized carbons (Fsp3) is 0.897. The maximum atomic E-state index is 6.56. The lowest BCUT2D eigenvalue weighted by Gasteiger charge is -2.20. The van der Waals surface area contributed by atoms with Gasteiger partial charge in [-0.25, -0.2) is 0 Å². The summed E-state index contributed by atoms with van der Waals surface area (Å²) in [5, 5.41) is 0. The summed E-state index contributed by atoms with van der Waals surface area (Å²) in [5.74, 6) is 0.818. The number of benzene rings is 1. The van der Waals surface area contributed by atoms with E-state index in [4.69, 9.17) is 23.0 Å². The van der Waals surface area contributed by atoms with Crippen LogP contribution in [0.3, 0.4) is 0 Å². The van der Waals surface area contributed by atoms with E-state index in [1.54, 1.807) is 0 Å². The molecule has 0 heterocycles. The number of para-hydroxylation sites is 1. The van der Waals surface area contributed by atoms with Crippen molar-refractivity contribution in [3.8, 4) is 5.75 Å². The van der Waals surface area contributed by atoms with E-state index in [0.717, 1.165) is 57.5 Å². The molecule has 1 aromatic carbocycles. The topological polar surface area (TPSA) is 46.2 Å². The van der Waals surface area contributed by atoms with E-state index >= 15 is 0 Å². The molecule has 378 valence electrons. The second-order valence-electron chi connectivity index (χ2n) is 19.5. The predicted octanol–water partition coefficient (Wildman–Crippen LogP) is 20.6. The minimum atomic E-state index is -1.44. The van der Waals surface area contributed by atoms with Crippen molar-refractivity contribution in [1.82, 2.24) is 0 Å². The van der Waals surface area contributed by atoms with Crippen LogP contribution in [0, 0.1) is 0 Å². The van der Waals surface area contributed by atoms with Gasteiger partial charge in [0.05, 0.1) is 25.4 Å². The van der Waals surface area contributed by atoms with Crippen molar-refractivity contribution in [3.05, 3.63) is 30.3 Å². The molecule has 0 fully saturated rings. The molecule has 0 radical (unpaired) electrons. The van der Waals surface area contributed by atoms with Crippen molar-refractivity contribution in [2.75, 3.05) is 26.4 Å². The zero-order valence-electron chi connectivity index (χ0n) is 43.6. The van der Waals surface area contributed by atoms with E-state index in [1.165, 1.54) is 231 Å². The Kier molecular flexibility index (Phi) is 49.5. The van der Waals surface area contributed by atoms with Crippen molar-refractivity contribution in [1.29, 1.82) is 0 Å². The summed E-state index contributed by atoms with van der Waals surface area (Å²) in [6.07, 6.45) is 56.0. The van der Waals surface area contributed by atoms with Gasteiger partial charge in [0.1, 0.15) is 5.75 Å². The first-order valence-corrected chi connectivity index (χ1v) is 29.8. The van der Waals surface area contributed by atoms with Gasteiger partial charge in [0.2, 0.25) is 0 Å². The first kappa shape index (κ1) is 61.3. The zero-order chi connectivity index (χ0) is 45.9. The summed E-state index contributed by atoms with van der Waals surface area (Å²) in [4.78, 5) is 0. The Morgan fingerprint density at radius 2 is 0.578 bits per heavy atom. The van der Waals surface area contributed by atoms with Gasteiger partial charge in [0.15, 0.2) is 0 Å². The summed E-state index contributed by atoms with van der Waals surface area (Å²) < 4.78 is 32.1. The summed E-state index contributed by atoms with van der Waals surface area (Å²) in [6.45, 7) is 12.4. The summed E-state index contributed by atoms with van der Waals surface area (Å²) in [5.41, 5.74) is 0. The third-order valence-corrected chi connectivity index (χ3v) is 14.3. The Bertz CT molecular complexity index is 938. The normalized spacial score (nSPS) is 13.1. The molecule has 0 aliphatic carbocycles. The average Bonchev–Trinajstić information content (AvgIpc) is 3.31. The molecule has 0 saturated carbocycles. The first-order valence-electron chi connectivity index (χ1n) is 28.8. The quantitative estimate of drug-likeness (QED) is 0.0481. The fourth-order valence-corrected chi connectivity index (χ4v) is 9.87. The highest BCUT2D eigenvalue weighted by atomic mass is 31.2. The molecule has 64 heavy (non-hydrogen) atoms. The number of hydrogen-bond acceptors (Lipinski definition) is 5. The van der Waals surface area contributed by atoms with E-state index in [9.17, 15) is 0 Å². The summed E-state index contributed by atoms with van der Waals surface area (Å²) in [7, 11) is -1.44. The van der Waals surface area contributed by atoms with Gasteiger partial charge in [-0.05, 0) is 76.3 Å². The van der Waals surface area contributed by atoms with Crippen LogP contribution in [0.2, 0.25) is 0 Å². The molecule has 6 heteroatoms. The molecular formula is C58H111O5P. The molecule has 5 nitrogen and oxygen atoms in total. The highest BCUT2D eigenvalue weighted by Crippen LogP contribution is 2.41. The van der Waals surface area contributed by atoms with E-state index in [-0.39, 0.29) is 0 Å². The van der Waals surface area contributed by atoms with Crippen LogP contribution < -0.4 is 4.52 Å². The molecule has 1 rings (SSSR count). The van der Waals surface area contributed by atoms with E-state index in [2.05, 4.69) is 27.7 Å². The lowest BCUT2D eigenvalue weighted by atomic mass is 10.0. The Morgan fingerprint density at radius 3 is 0.906 bits per heavy atom. The highest BCUT2D eigenvalue weighted by molar-refractivity contribution is 7.42. The summed E-state index contributed by atoms with van der Waals surface area (Å²) >= 11 is 0. The molecule has 0 saturated heterocycles. The van der Waals surface area contributed by atoms with Gasteiger partial charge < -0.3 is 23.0 Å². The molecule has 0 bridgehead atoms. The predicted molar refractivity (Wildman–Crippen MR) is 282 cm³/mol. The molecule has 0 aliphatic heterocycles. The molecule has 2 unspecified atom stereocenters. The third-order valence-electron chi connectivity index (χ3n) is 13.1. The van der Waals surface area contributed by atoms with Gasteiger partial charge in [0, 0.05) is 13.2 Å². The van der Waals surface area contributed by atoms with Crippen LogP contribution in [0.15, 0.2) is 30.3 Å². The van der Waals surface area contributed by atoms with Crippen molar-refractivity contribution < 1.29 is 23.0 Å². The highest BCUT2D eigenvalue weighted by Gasteiger charge is 2.17. The van der Waals surface area contributed by atoms with E-state index in [1.807, 2.05) is 30.3 Å². The molecular weight excluding hydrogens is 808 g/mol. The number of ether oxygens (including phenoxy) is 2. The van der Waals surface area contributed by atoms with Crippen LogP contribution in [-0.2, 0) is 18.5 Å². The Morgan fingerprint density at radius 1 is 0.312 bits per heavy atom. The third kappa shape index (κ3) is 43.8. The lowest BCUT2D eigenvalue weighted by molar-refractivity contribution is 0.0348. The second kappa shape index (κ2) is 51.7. The molecule has 0 amide bonds. The first-order chi connectivity index (χ1) is 31.7. The van der Waals surface area contributed by atoms with Gasteiger partial charge >= 0.3 is 8.60 Å². The number of unbranched alkanes of at least 4 members (excludes halogenated alkanes) is 32. The molecule has 0 aromatic heterocycles. The van der Waals surface area contributed by atoms with Crippen LogP contribution in [0.4, 0.5) is 0 Å². The SMILES string of the molecule is CCCCCCCCCCCCCOC(CCCCCCCC)CCCCOP(OCCCCC(CCCCCCCC)OCCCCCCCCCCCCC)Oc1ccccc1. The minimum absolute atomic E-state index is 0.376. The van der Waals surface area contributed by atoms with Crippen molar-refractivity contribution >= 4 is 8.60 Å². The number of rotatable bonds is 54. The van der Waals surface area contributed by atoms with Crippen LogP contribution in [0.1, 0.15) is 297 Å². The fourth-order valence-electron chi connectivity index (χ4n) is 8.84. The van der Waals surface area contributed by atoms with Gasteiger partial charge in [-0.15, -0.1) is 0 Å². The molecule has 1 aromatic rings. The zero-order valence-corrected chi connectivity index (χ0v) is 44.5. The van der Waals surface area contributed by atoms with Crippen LogP contribution in [-0.4, -0.2) is 38.6 Å². The maximum absolute atomic E-state index is 6.56. The molecule has 2 atom stereocenters. The smallest absolute Gasteiger partial charge is 0.397 e. The minimum Gasteiger partial charge on any atom is -0.427 e. The van der Waals surface area contributed by atoms with Gasteiger partial charge in [-0.3, -0.25) is 0 Å². The van der Waals surface area contributed by atoms with Crippen molar-refractivity contribution in [3.63, 3.8) is 0 Å². The molecule has 0 spiro atoms. The van der Waals surface area contributed by atoms with Crippen LogP contribution in [0.5, 0.6) is 5.75 Å². The molecule has 0 aliphatic rings. The monoisotopic (exact) mass is 919 g/mol. The Hall–Kier alpha value is -0.710. The summed E-state index contributed by atoms with van der Waals surface area (Å²) in [6, 6.07) is 10.1. The Balaban J connectivity index is 2.47.